The molecule has 0 amide bonds. The van der Waals surface area contributed by atoms with E-state index in [9.17, 15) is 0 Å². The van der Waals surface area contributed by atoms with Crippen LogP contribution in [0.2, 0.25) is 17.3 Å². The Morgan fingerprint density at radius 2 is 1.39 bits per heavy atom. The van der Waals surface area contributed by atoms with E-state index in [1.165, 1.54) is 37.2 Å². The van der Waals surface area contributed by atoms with Gasteiger partial charge in [-0.1, -0.05) is 84.2 Å². The van der Waals surface area contributed by atoms with Gasteiger partial charge in [-0.15, -0.1) is 23.8 Å². The topological polar surface area (TPSA) is 25.8 Å². The molecule has 0 aliphatic heterocycles. The number of hydrogen-bond acceptors (Lipinski definition) is 3. The minimum absolute atomic E-state index is 0. The maximum Gasteiger partial charge on any atom is 0.0280 e. The number of hydrogen-bond donors (Lipinski definition) is 0. The van der Waals surface area contributed by atoms with Crippen molar-refractivity contribution in [3.8, 4) is 44.8 Å². The third kappa shape index (κ3) is 8.00. The van der Waals surface area contributed by atoms with Gasteiger partial charge in [0, 0.05) is 40.7 Å². The van der Waals surface area contributed by atoms with Crippen LogP contribution in [0.4, 0.5) is 0 Å². The van der Waals surface area contributed by atoms with Crippen LogP contribution in [0.25, 0.3) is 64.9 Å². The van der Waals surface area contributed by atoms with Gasteiger partial charge >= 0.3 is 117 Å². The van der Waals surface area contributed by atoms with Crippen LogP contribution in [0, 0.1) is 32.8 Å². The first-order valence-electron chi connectivity index (χ1n) is 19.6. The summed E-state index contributed by atoms with van der Waals surface area (Å²) < 4.78 is 50.3. The first kappa shape index (κ1) is 29.4. The molecular formula is C46H40GeIrN2S-2. The fraction of sp³-hybridized carbons (Fsp3) is 0.130. The Bertz CT molecular complexity index is 2650. The monoisotopic (exact) mass is 925 g/mol. The van der Waals surface area contributed by atoms with Crippen molar-refractivity contribution in [3.63, 3.8) is 0 Å². The summed E-state index contributed by atoms with van der Waals surface area (Å²) >= 11 is -0.194. The molecule has 0 fully saturated rings. The second-order valence-electron chi connectivity index (χ2n) is 13.4. The molecule has 5 heteroatoms. The van der Waals surface area contributed by atoms with Crippen molar-refractivity contribution in [3.05, 3.63) is 163 Å². The number of rotatable bonds is 5. The van der Waals surface area contributed by atoms with Crippen LogP contribution in [0.5, 0.6) is 0 Å². The smallest absolute Gasteiger partial charge is 0.0280 e. The van der Waals surface area contributed by atoms with E-state index in [0.29, 0.717) is 22.4 Å². The van der Waals surface area contributed by atoms with Crippen molar-refractivity contribution in [2.45, 2.75) is 37.9 Å². The zero-order valence-corrected chi connectivity index (χ0v) is 34.1. The summed E-state index contributed by atoms with van der Waals surface area (Å²) in [5.41, 5.74) is 8.83. The second kappa shape index (κ2) is 15.6. The van der Waals surface area contributed by atoms with Gasteiger partial charge in [-0.25, -0.2) is 0 Å². The fourth-order valence-corrected chi connectivity index (χ4v) is 11.1. The van der Waals surface area contributed by atoms with Gasteiger partial charge < -0.3 is 4.98 Å². The number of thiophene rings is 1. The number of aryl methyl sites for hydroxylation is 3. The Labute approximate surface area is 330 Å². The van der Waals surface area contributed by atoms with Crippen LogP contribution in [0.15, 0.2) is 134 Å². The summed E-state index contributed by atoms with van der Waals surface area (Å²) in [6.07, 6.45) is 3.66. The Morgan fingerprint density at radius 1 is 0.667 bits per heavy atom. The Morgan fingerprint density at radius 3 is 2.06 bits per heavy atom. The van der Waals surface area contributed by atoms with E-state index in [0.717, 1.165) is 32.5 Å². The van der Waals surface area contributed by atoms with Gasteiger partial charge in [0.05, 0.1) is 0 Å². The molecule has 0 atom stereocenters. The summed E-state index contributed by atoms with van der Waals surface area (Å²) in [4.78, 5) is 9.25. The summed E-state index contributed by atoms with van der Waals surface area (Å²) in [5.74, 6) is 7.04. The third-order valence-electron chi connectivity index (χ3n) is 8.79. The molecule has 3 aromatic heterocycles. The number of benzene rings is 5. The molecule has 0 N–H and O–H groups in total. The van der Waals surface area contributed by atoms with Crippen molar-refractivity contribution < 1.29 is 28.3 Å². The average molecular weight is 924 g/mol. The summed E-state index contributed by atoms with van der Waals surface area (Å²) in [5, 5.41) is 2.31. The number of fused-ring (bicyclic) bond motifs is 3. The standard InChI is InChI=1S/C30H20NS.C16H20GeN.Ir/c1-20-17-28(31-19-27(20)22-11-6-3-7-12-22)26-14-8-13-25-24-16-15-23(18-29(24)32-30(25)26)21-9-4-2-5-10-21;1-12-6-8-14(9-7-12)16-10-13(2)15(11-18-16)17(3,4)5;/h2-13,15-19H,1H3;6-8,10-11H,1-5H3;/q2*-1;/i2*1D3;. The van der Waals surface area contributed by atoms with Gasteiger partial charge in [0.2, 0.25) is 0 Å². The van der Waals surface area contributed by atoms with E-state index in [1.54, 1.807) is 35.7 Å². The van der Waals surface area contributed by atoms with Gasteiger partial charge in [-0.05, 0) is 51.0 Å². The van der Waals surface area contributed by atoms with E-state index in [2.05, 4.69) is 83.8 Å². The van der Waals surface area contributed by atoms with Crippen molar-refractivity contribution >= 4 is 49.2 Å². The van der Waals surface area contributed by atoms with Crippen LogP contribution in [0.3, 0.4) is 0 Å². The molecule has 0 saturated carbocycles. The molecule has 0 spiro atoms. The third-order valence-corrected chi connectivity index (χ3v) is 14.5. The molecule has 3 heterocycles. The maximum atomic E-state index is 8.18. The Hall–Kier alpha value is -4.19. The summed E-state index contributed by atoms with van der Waals surface area (Å²) in [6.45, 7) is -2.22. The normalized spacial score (nSPS) is 13.4. The molecule has 0 saturated heterocycles. The van der Waals surface area contributed by atoms with Gasteiger partial charge in [0.25, 0.3) is 0 Å². The SMILES string of the molecule is [2H]C([2H])([2H])c1c[c-]c(-c2cc(C)[c]([Ge]([CH3])([CH3])[CH3])cn2)cc1.[2H]C([2H])([2H])c1cc(-c2[c-]ccc3c2sc2cc(-c4ccccc4)ccc23)ncc1-c1ccccc1.[Ir]. The molecule has 8 rings (SSSR count). The van der Waals surface area contributed by atoms with Crippen molar-refractivity contribution in [1.29, 1.82) is 0 Å². The zero-order chi connectivity index (χ0) is 39.8. The number of aromatic nitrogens is 2. The Balaban J connectivity index is 0.000000215. The molecule has 0 aliphatic carbocycles. The van der Waals surface area contributed by atoms with Crippen molar-refractivity contribution in [2.75, 3.05) is 0 Å². The van der Waals surface area contributed by atoms with Gasteiger partial charge in [-0.3, -0.25) is 0 Å². The minimum atomic E-state index is -2.26. The summed E-state index contributed by atoms with van der Waals surface area (Å²) in [7, 11) is 0. The molecular weight excluding hydrogens is 877 g/mol. The predicted octanol–water partition coefficient (Wildman–Crippen LogP) is 12.3. The first-order chi connectivity index (χ1) is 26.6. The second-order valence-corrected chi connectivity index (χ2v) is 25.0. The molecule has 0 bridgehead atoms. The van der Waals surface area contributed by atoms with Crippen molar-refractivity contribution in [2.24, 2.45) is 0 Å². The Kier molecular flexibility index (Phi) is 8.99. The van der Waals surface area contributed by atoms with Gasteiger partial charge in [0.1, 0.15) is 0 Å². The van der Waals surface area contributed by atoms with Crippen LogP contribution in [-0.4, -0.2) is 23.2 Å². The number of nitrogens with zero attached hydrogens (tertiary/aromatic N) is 2. The molecule has 51 heavy (non-hydrogen) atoms. The van der Waals surface area contributed by atoms with E-state index < -0.39 is 27.0 Å². The molecule has 255 valence electrons. The van der Waals surface area contributed by atoms with Crippen LogP contribution < -0.4 is 4.40 Å². The minimum Gasteiger partial charge on any atom is -0.304 e. The quantitative estimate of drug-likeness (QED) is 0.127. The molecule has 8 aromatic rings. The largest absolute Gasteiger partial charge is 0.304 e. The van der Waals surface area contributed by atoms with Crippen LogP contribution in [-0.2, 0) is 20.1 Å². The fourth-order valence-electron chi connectivity index (χ4n) is 6.25. The van der Waals surface area contributed by atoms with E-state index in [4.69, 9.17) is 13.2 Å². The molecule has 1 radical (unpaired) electrons. The van der Waals surface area contributed by atoms with Crippen LogP contribution >= 0.6 is 11.3 Å². The molecule has 0 aliphatic rings. The summed E-state index contributed by atoms with van der Waals surface area (Å²) in [6, 6.07) is 45.5. The van der Waals surface area contributed by atoms with E-state index in [-0.39, 0.29) is 20.1 Å². The maximum absolute atomic E-state index is 8.18. The zero-order valence-electron chi connectivity index (χ0n) is 34.8. The molecule has 0 unspecified atom stereocenters. The van der Waals surface area contributed by atoms with E-state index in [1.807, 2.05) is 60.8 Å². The molecule has 5 aromatic carbocycles. The van der Waals surface area contributed by atoms with Gasteiger partial charge in [0.15, 0.2) is 0 Å². The predicted molar refractivity (Wildman–Crippen MR) is 218 cm³/mol. The number of pyridine rings is 2. The van der Waals surface area contributed by atoms with Crippen LogP contribution in [0.1, 0.15) is 24.9 Å². The van der Waals surface area contributed by atoms with E-state index >= 15 is 0 Å². The average Bonchev–Trinajstić information content (AvgIpc) is 3.56. The van der Waals surface area contributed by atoms with Gasteiger partial charge in [-0.2, -0.15) is 11.3 Å². The first-order valence-corrected chi connectivity index (χ1v) is 24.7. The molecule has 2 nitrogen and oxygen atoms in total. The van der Waals surface area contributed by atoms with Crippen molar-refractivity contribution in [1.82, 2.24) is 9.97 Å².